The van der Waals surface area contributed by atoms with E-state index in [1.54, 1.807) is 24.3 Å². The van der Waals surface area contributed by atoms with Gasteiger partial charge in [-0.2, -0.15) is 4.99 Å². The van der Waals surface area contributed by atoms with Gasteiger partial charge in [0.2, 0.25) is 0 Å². The van der Waals surface area contributed by atoms with Crippen molar-refractivity contribution in [2.24, 2.45) is 4.99 Å². The van der Waals surface area contributed by atoms with Gasteiger partial charge in [0.15, 0.2) is 10.6 Å². The summed E-state index contributed by atoms with van der Waals surface area (Å²) in [5, 5.41) is 0. The minimum atomic E-state index is -0.355. The molecular weight excluding hydrogens is 344 g/mol. The highest BCUT2D eigenvalue weighted by atomic mass is 32.1. The fourth-order valence-corrected chi connectivity index (χ4v) is 3.92. The Balaban J connectivity index is 2.12. The largest absolute Gasteiger partial charge is 0.305 e. The highest BCUT2D eigenvalue weighted by Crippen LogP contribution is 2.23. The minimum Gasteiger partial charge on any atom is -0.305 e. The fraction of sp³-hybridized carbons (Fsp3) is 0.190. The van der Waals surface area contributed by atoms with Crippen LogP contribution in [0.15, 0.2) is 41.4 Å². The van der Waals surface area contributed by atoms with Gasteiger partial charge in [-0.05, 0) is 50.1 Å². The summed E-state index contributed by atoms with van der Waals surface area (Å²) in [6, 6.07) is 10.7. The summed E-state index contributed by atoms with van der Waals surface area (Å²) in [6.07, 6.45) is 5.52. The summed E-state index contributed by atoms with van der Waals surface area (Å²) in [7, 11) is 0. The lowest BCUT2D eigenvalue weighted by molar-refractivity contribution is 0.0991. The second-order valence-electron chi connectivity index (χ2n) is 6.16. The summed E-state index contributed by atoms with van der Waals surface area (Å²) < 4.78 is 2.96. The van der Waals surface area contributed by atoms with Crippen LogP contribution in [0.2, 0.25) is 0 Å². The minimum absolute atomic E-state index is 0.0387. The number of nitrogens with zero attached hydrogens (tertiary/aromatic N) is 2. The molecule has 1 heterocycles. The van der Waals surface area contributed by atoms with Gasteiger partial charge >= 0.3 is 0 Å². The van der Waals surface area contributed by atoms with E-state index >= 15 is 0 Å². The molecule has 1 aromatic heterocycles. The standard InChI is InChI=1S/C21H18N2O2S/c1-5-10-23-18-12-13(2)11-14(3)19(18)26-21(23)22-20(25)17-8-6-16(7-9-17)15(4)24/h1,6-9,11-12H,10H2,2-4H3. The van der Waals surface area contributed by atoms with Crippen LogP contribution in [0.4, 0.5) is 0 Å². The smallest absolute Gasteiger partial charge is 0.279 e. The number of amides is 1. The number of hydrogen-bond donors (Lipinski definition) is 0. The Bertz CT molecular complexity index is 1130. The lowest BCUT2D eigenvalue weighted by Gasteiger charge is -2.03. The zero-order chi connectivity index (χ0) is 18.8. The quantitative estimate of drug-likeness (QED) is 0.524. The number of thiazole rings is 1. The topological polar surface area (TPSA) is 51.4 Å². The van der Waals surface area contributed by atoms with Crippen LogP contribution < -0.4 is 4.80 Å². The van der Waals surface area contributed by atoms with Crippen molar-refractivity contribution in [1.82, 2.24) is 4.57 Å². The van der Waals surface area contributed by atoms with E-state index in [0.29, 0.717) is 22.5 Å². The number of aromatic nitrogens is 1. The Labute approximate surface area is 155 Å². The molecule has 0 radical (unpaired) electrons. The molecule has 3 aromatic rings. The van der Waals surface area contributed by atoms with Gasteiger partial charge < -0.3 is 4.57 Å². The zero-order valence-corrected chi connectivity index (χ0v) is 15.7. The van der Waals surface area contributed by atoms with Gasteiger partial charge in [-0.25, -0.2) is 0 Å². The van der Waals surface area contributed by atoms with Gasteiger partial charge in [-0.3, -0.25) is 9.59 Å². The van der Waals surface area contributed by atoms with Crippen LogP contribution in [0.5, 0.6) is 0 Å². The number of terminal acetylenes is 1. The average Bonchev–Trinajstić information content (AvgIpc) is 2.93. The summed E-state index contributed by atoms with van der Waals surface area (Å²) in [5.41, 5.74) is 4.26. The van der Waals surface area contributed by atoms with E-state index in [2.05, 4.69) is 23.0 Å². The Morgan fingerprint density at radius 2 is 1.81 bits per heavy atom. The Kier molecular flexibility index (Phi) is 4.88. The van der Waals surface area contributed by atoms with Crippen LogP contribution in [-0.2, 0) is 6.54 Å². The maximum atomic E-state index is 12.6. The van der Waals surface area contributed by atoms with Gasteiger partial charge in [-0.1, -0.05) is 35.5 Å². The highest BCUT2D eigenvalue weighted by molar-refractivity contribution is 7.16. The molecule has 0 saturated heterocycles. The third-order valence-electron chi connectivity index (χ3n) is 4.10. The molecule has 1 amide bonds. The molecule has 130 valence electrons. The van der Waals surface area contributed by atoms with E-state index in [4.69, 9.17) is 6.42 Å². The van der Waals surface area contributed by atoms with Crippen molar-refractivity contribution < 1.29 is 9.59 Å². The Morgan fingerprint density at radius 1 is 1.15 bits per heavy atom. The number of hydrogen-bond acceptors (Lipinski definition) is 3. The first-order valence-corrected chi connectivity index (χ1v) is 8.96. The zero-order valence-electron chi connectivity index (χ0n) is 14.9. The van der Waals surface area contributed by atoms with Crippen LogP contribution in [-0.4, -0.2) is 16.3 Å². The lowest BCUT2D eigenvalue weighted by Crippen LogP contribution is -2.16. The maximum absolute atomic E-state index is 12.6. The maximum Gasteiger partial charge on any atom is 0.279 e. The van der Waals surface area contributed by atoms with Crippen LogP contribution >= 0.6 is 11.3 Å². The molecule has 0 atom stereocenters. The average molecular weight is 362 g/mol. The summed E-state index contributed by atoms with van der Waals surface area (Å²) >= 11 is 1.46. The van der Waals surface area contributed by atoms with Crippen molar-refractivity contribution in [2.75, 3.05) is 0 Å². The fourth-order valence-electron chi connectivity index (χ4n) is 2.84. The number of ketones is 1. The van der Waals surface area contributed by atoms with Gasteiger partial charge in [0.1, 0.15) is 0 Å². The molecule has 0 aliphatic heterocycles. The van der Waals surface area contributed by atoms with Crippen molar-refractivity contribution in [3.05, 3.63) is 63.5 Å². The summed E-state index contributed by atoms with van der Waals surface area (Å²) in [6.45, 7) is 5.91. The monoisotopic (exact) mass is 362 g/mol. The number of rotatable bonds is 3. The number of carbonyl (C=O) groups excluding carboxylic acids is 2. The van der Waals surface area contributed by atoms with E-state index in [-0.39, 0.29) is 11.7 Å². The number of Topliss-reactive ketones (excluding diaryl/α,β-unsaturated/α-hetero) is 1. The summed E-state index contributed by atoms with van der Waals surface area (Å²) in [5.74, 6) is 2.24. The van der Waals surface area contributed by atoms with Crippen LogP contribution in [0, 0.1) is 26.2 Å². The second kappa shape index (κ2) is 7.11. The van der Waals surface area contributed by atoms with Gasteiger partial charge in [0.05, 0.1) is 16.8 Å². The molecule has 0 aliphatic rings. The molecule has 2 aromatic carbocycles. The highest BCUT2D eigenvalue weighted by Gasteiger charge is 2.11. The number of benzene rings is 2. The van der Waals surface area contributed by atoms with E-state index in [1.165, 1.54) is 18.3 Å². The SMILES string of the molecule is C#CCn1c(=NC(=O)c2ccc(C(C)=O)cc2)sc2c(C)cc(C)cc21. The van der Waals surface area contributed by atoms with Crippen molar-refractivity contribution in [1.29, 1.82) is 0 Å². The number of carbonyl (C=O) groups is 2. The first-order chi connectivity index (χ1) is 12.4. The first-order valence-electron chi connectivity index (χ1n) is 8.15. The molecule has 0 saturated carbocycles. The van der Waals surface area contributed by atoms with E-state index in [9.17, 15) is 9.59 Å². The molecule has 3 rings (SSSR count). The van der Waals surface area contributed by atoms with Crippen LogP contribution in [0.3, 0.4) is 0 Å². The van der Waals surface area contributed by atoms with E-state index in [1.807, 2.05) is 18.4 Å². The molecule has 0 bridgehead atoms. The predicted octanol–water partition coefficient (Wildman–Crippen LogP) is 3.90. The molecule has 0 unspecified atom stereocenters. The van der Waals surface area contributed by atoms with Crippen molar-refractivity contribution >= 4 is 33.2 Å². The Hall–Kier alpha value is -2.97. The normalized spacial score (nSPS) is 11.5. The predicted molar refractivity (Wildman–Crippen MR) is 104 cm³/mol. The lowest BCUT2D eigenvalue weighted by atomic mass is 10.1. The molecule has 0 fully saturated rings. The van der Waals surface area contributed by atoms with E-state index in [0.717, 1.165) is 21.3 Å². The third kappa shape index (κ3) is 3.37. The second-order valence-corrected chi connectivity index (χ2v) is 7.13. The molecular formula is C21H18N2O2S. The molecule has 5 heteroatoms. The third-order valence-corrected chi connectivity index (χ3v) is 5.33. The van der Waals surface area contributed by atoms with Crippen molar-refractivity contribution in [3.8, 4) is 12.3 Å². The molecule has 0 aliphatic carbocycles. The van der Waals surface area contributed by atoms with E-state index < -0.39 is 0 Å². The Morgan fingerprint density at radius 3 is 2.42 bits per heavy atom. The molecule has 26 heavy (non-hydrogen) atoms. The first kappa shape index (κ1) is 17.8. The van der Waals surface area contributed by atoms with Crippen LogP contribution in [0.1, 0.15) is 38.8 Å². The summed E-state index contributed by atoms with van der Waals surface area (Å²) in [4.78, 5) is 28.8. The van der Waals surface area contributed by atoms with Gasteiger partial charge in [-0.15, -0.1) is 6.42 Å². The van der Waals surface area contributed by atoms with Crippen molar-refractivity contribution in [3.63, 3.8) is 0 Å². The van der Waals surface area contributed by atoms with Gasteiger partial charge in [0, 0.05) is 11.1 Å². The number of fused-ring (bicyclic) bond motifs is 1. The van der Waals surface area contributed by atoms with Crippen LogP contribution in [0.25, 0.3) is 10.2 Å². The van der Waals surface area contributed by atoms with Crippen molar-refractivity contribution in [2.45, 2.75) is 27.3 Å². The van der Waals surface area contributed by atoms with Gasteiger partial charge in [0.25, 0.3) is 5.91 Å². The number of aryl methyl sites for hydroxylation is 2. The molecule has 0 spiro atoms. The molecule has 0 N–H and O–H groups in total. The molecule has 4 nitrogen and oxygen atoms in total.